The molecule has 67 heavy (non-hydrogen) atoms. The van der Waals surface area contributed by atoms with Crippen molar-refractivity contribution in [3.05, 3.63) is 22.8 Å². The Bertz CT molecular complexity index is 2320. The van der Waals surface area contributed by atoms with E-state index in [1.807, 2.05) is 19.9 Å². The Morgan fingerprint density at radius 1 is 0.627 bits per heavy atom. The quantitative estimate of drug-likeness (QED) is 0.0687. The molecule has 16 heteroatoms. The maximum absolute atomic E-state index is 15.4. The number of rotatable bonds is 15. The first-order valence-electron chi connectivity index (χ1n) is 22.8. The SMILES string of the molecule is CC(=O)C[C@@]1(C(C)=O)[C@@H]2CC[C@@]3(C)[C@@H]([C@H](O)C[C@@H]4/C(=C(/CCC=C(C)C)C(=O)OC(C)=O)[C@](OC(C)=O)(C(C)=O)C[C@@]43C)[C@@]2(C)C(C(C)=O)(C(C)=O)C(C(C)=O)(C(C)=O)[C@]1(OC(C)=O)C(C)=O. The van der Waals surface area contributed by atoms with E-state index in [1.54, 1.807) is 13.8 Å². The third-order valence-electron chi connectivity index (χ3n) is 17.2. The van der Waals surface area contributed by atoms with Crippen molar-refractivity contribution in [2.24, 2.45) is 50.2 Å². The lowest BCUT2D eigenvalue weighted by Gasteiger charge is -2.78. The van der Waals surface area contributed by atoms with Crippen LogP contribution in [0.4, 0.5) is 0 Å². The molecular formula is C51H68O16. The van der Waals surface area contributed by atoms with E-state index in [9.17, 15) is 33.9 Å². The van der Waals surface area contributed by atoms with Gasteiger partial charge in [0.15, 0.2) is 22.6 Å². The summed E-state index contributed by atoms with van der Waals surface area (Å²) in [5, 5.41) is 13.3. The van der Waals surface area contributed by atoms with Crippen LogP contribution in [0, 0.1) is 50.2 Å². The first-order chi connectivity index (χ1) is 30.6. The highest BCUT2D eigenvalue weighted by atomic mass is 16.6. The van der Waals surface area contributed by atoms with Gasteiger partial charge in [-0.15, -0.1) is 0 Å². The minimum absolute atomic E-state index is 0.00733. The summed E-state index contributed by atoms with van der Waals surface area (Å²) in [5.41, 5.74) is -19.1. The fourth-order valence-electron chi connectivity index (χ4n) is 15.8. The van der Waals surface area contributed by atoms with Crippen molar-refractivity contribution in [2.75, 3.05) is 0 Å². The van der Waals surface area contributed by atoms with E-state index in [0.717, 1.165) is 74.8 Å². The lowest BCUT2D eigenvalue weighted by atomic mass is 9.21. The molecule has 1 N–H and O–H groups in total. The van der Waals surface area contributed by atoms with Gasteiger partial charge in [-0.1, -0.05) is 32.4 Å². The lowest BCUT2D eigenvalue weighted by Crippen LogP contribution is -2.90. The van der Waals surface area contributed by atoms with Crippen molar-refractivity contribution in [2.45, 2.75) is 173 Å². The number of ketones is 8. The normalized spacial score (nSPS) is 35.2. The van der Waals surface area contributed by atoms with Gasteiger partial charge < -0.3 is 19.3 Å². The average molecular weight is 937 g/mol. The summed E-state index contributed by atoms with van der Waals surface area (Å²) < 4.78 is 17.4. The van der Waals surface area contributed by atoms with Gasteiger partial charge in [0.25, 0.3) is 0 Å². The van der Waals surface area contributed by atoms with Crippen LogP contribution in [0.25, 0.3) is 0 Å². The van der Waals surface area contributed by atoms with E-state index >= 15 is 28.8 Å². The predicted molar refractivity (Wildman–Crippen MR) is 238 cm³/mol. The number of ether oxygens (including phenoxy) is 3. The van der Waals surface area contributed by atoms with Crippen LogP contribution in [-0.2, 0) is 71.7 Å². The Morgan fingerprint density at radius 2 is 1.13 bits per heavy atom. The number of carbonyl (C=O) groups is 12. The smallest absolute Gasteiger partial charge is 0.341 e. The second-order valence-corrected chi connectivity index (χ2v) is 20.8. The molecule has 4 fully saturated rings. The summed E-state index contributed by atoms with van der Waals surface area (Å²) in [6, 6.07) is 0. The van der Waals surface area contributed by atoms with Gasteiger partial charge in [0.05, 0.1) is 11.5 Å². The molecule has 0 spiro atoms. The van der Waals surface area contributed by atoms with Gasteiger partial charge in [0.2, 0.25) is 5.60 Å². The first kappa shape index (κ1) is 54.5. The Hall–Kier alpha value is -5.12. The van der Waals surface area contributed by atoms with Crippen LogP contribution in [-0.4, -0.2) is 92.6 Å². The van der Waals surface area contributed by atoms with Gasteiger partial charge in [-0.3, -0.25) is 52.7 Å². The van der Waals surface area contributed by atoms with Crippen LogP contribution in [0.5, 0.6) is 0 Å². The van der Waals surface area contributed by atoms with Crippen molar-refractivity contribution in [1.29, 1.82) is 0 Å². The number of aliphatic hydroxyl groups is 1. The van der Waals surface area contributed by atoms with Gasteiger partial charge in [-0.25, -0.2) is 4.79 Å². The van der Waals surface area contributed by atoms with Crippen molar-refractivity contribution < 1.29 is 76.9 Å². The summed E-state index contributed by atoms with van der Waals surface area (Å²) in [4.78, 5) is 173. The zero-order chi connectivity index (χ0) is 51.7. The van der Waals surface area contributed by atoms with E-state index in [0.29, 0.717) is 0 Å². The van der Waals surface area contributed by atoms with Gasteiger partial charge in [-0.2, -0.15) is 0 Å². The Kier molecular flexibility index (Phi) is 14.4. The van der Waals surface area contributed by atoms with Crippen LogP contribution in [0.3, 0.4) is 0 Å². The topological polar surface area (TPSA) is 253 Å². The molecule has 0 saturated heterocycles. The van der Waals surface area contributed by atoms with Gasteiger partial charge >= 0.3 is 23.9 Å². The van der Waals surface area contributed by atoms with Crippen LogP contribution < -0.4 is 0 Å². The molecule has 4 rings (SSSR count). The summed E-state index contributed by atoms with van der Waals surface area (Å²) >= 11 is 0. The molecule has 0 aliphatic heterocycles. The summed E-state index contributed by atoms with van der Waals surface area (Å²) in [7, 11) is 0. The molecule has 0 amide bonds. The number of aliphatic hydroxyl groups excluding tert-OH is 1. The number of fused-ring (bicyclic) bond motifs is 5. The van der Waals surface area contributed by atoms with Crippen LogP contribution in [0.1, 0.15) is 156 Å². The second kappa shape index (κ2) is 17.8. The lowest BCUT2D eigenvalue weighted by molar-refractivity contribution is -0.323. The highest BCUT2D eigenvalue weighted by molar-refractivity contribution is 6.25. The van der Waals surface area contributed by atoms with E-state index in [4.69, 9.17) is 14.2 Å². The molecule has 0 heterocycles. The maximum atomic E-state index is 15.4. The number of hydrogen-bond donors (Lipinski definition) is 1. The highest BCUT2D eigenvalue weighted by Crippen LogP contribution is 2.84. The molecule has 0 unspecified atom stereocenters. The van der Waals surface area contributed by atoms with Crippen molar-refractivity contribution in [1.82, 2.24) is 0 Å². The zero-order valence-electron chi connectivity index (χ0n) is 41.9. The number of esters is 4. The fourth-order valence-corrected chi connectivity index (χ4v) is 15.8. The number of allylic oxidation sites excluding steroid dienone is 2. The summed E-state index contributed by atoms with van der Waals surface area (Å²) in [6.45, 7) is 19.3. The zero-order valence-corrected chi connectivity index (χ0v) is 41.9. The molecular weight excluding hydrogens is 869 g/mol. The van der Waals surface area contributed by atoms with Crippen LogP contribution >= 0.6 is 0 Å². The monoisotopic (exact) mass is 936 g/mol. The van der Waals surface area contributed by atoms with Crippen LogP contribution in [0.15, 0.2) is 22.8 Å². The van der Waals surface area contributed by atoms with E-state index in [1.165, 1.54) is 13.8 Å². The van der Waals surface area contributed by atoms with E-state index in [2.05, 4.69) is 0 Å². The first-order valence-corrected chi connectivity index (χ1v) is 22.8. The average Bonchev–Trinajstić information content (AvgIpc) is 3.40. The van der Waals surface area contributed by atoms with Crippen LogP contribution in [0.2, 0.25) is 0 Å². The second-order valence-electron chi connectivity index (χ2n) is 20.8. The molecule has 4 aliphatic rings. The standard InChI is InChI=1S/C51H68O16/c1-25(2)18-17-19-37(43(64)65-34(11)60)41-38-22-39(63)42-44(14,45(38,15)24-48(41,28(5)54)66-35(12)61)21-20-40-46(42,16)49(29(6)55,30(7)56)50(31(8)57,32(9)58)51(33(10)59,67-36(13)62)47(40,27(4)53)23-26(3)52/h18,38-40,42,63H,17,19-24H2,1-16H3/b41-37+/t38-,39-,40-,42-,44+,45+,46+,47-,48-,51+/m1/s1. The predicted octanol–water partition coefficient (Wildman–Crippen LogP) is 5.63. The van der Waals surface area contributed by atoms with Crippen molar-refractivity contribution >= 4 is 70.1 Å². The van der Waals surface area contributed by atoms with Crippen molar-refractivity contribution in [3.8, 4) is 0 Å². The summed E-state index contributed by atoms with van der Waals surface area (Å²) in [5.74, 6) is -16.9. The molecule has 4 saturated carbocycles. The minimum atomic E-state index is -3.35. The van der Waals surface area contributed by atoms with E-state index < -0.39 is 151 Å². The molecule has 0 aromatic heterocycles. The summed E-state index contributed by atoms with van der Waals surface area (Å²) in [6.07, 6.45) is -1.87. The third-order valence-corrected chi connectivity index (χ3v) is 17.2. The number of carbonyl (C=O) groups excluding carboxylic acids is 12. The van der Waals surface area contributed by atoms with Gasteiger partial charge in [-0.05, 0) is 141 Å². The van der Waals surface area contributed by atoms with Gasteiger partial charge in [0.1, 0.15) is 40.1 Å². The van der Waals surface area contributed by atoms with Gasteiger partial charge in [0, 0.05) is 39.2 Å². The number of hydrogen-bond acceptors (Lipinski definition) is 16. The Morgan fingerprint density at radius 3 is 1.52 bits per heavy atom. The minimum Gasteiger partial charge on any atom is -0.448 e. The molecule has 0 aromatic rings. The van der Waals surface area contributed by atoms with E-state index in [-0.39, 0.29) is 43.3 Å². The Labute approximate surface area is 392 Å². The maximum Gasteiger partial charge on any atom is 0.341 e. The molecule has 16 nitrogen and oxygen atoms in total. The molecule has 0 radical (unpaired) electrons. The Balaban J connectivity index is 2.43. The highest BCUT2D eigenvalue weighted by Gasteiger charge is 2.94. The fraction of sp³-hybridized carbons (Fsp3) is 0.686. The van der Waals surface area contributed by atoms with Crippen molar-refractivity contribution in [3.63, 3.8) is 0 Å². The third kappa shape index (κ3) is 6.90. The molecule has 10 atom stereocenters. The largest absolute Gasteiger partial charge is 0.448 e. The molecule has 0 aromatic carbocycles. The molecule has 0 bridgehead atoms. The molecule has 368 valence electrons. The number of Topliss-reactive ketones (excluding diaryl/α,β-unsaturated/α-hetero) is 8. The molecule has 4 aliphatic carbocycles.